The molecule has 0 aliphatic heterocycles. The molecule has 21 heavy (non-hydrogen) atoms. The van der Waals surface area contributed by atoms with Gasteiger partial charge in [0.15, 0.2) is 0 Å². The molecule has 0 radical (unpaired) electrons. The maximum atomic E-state index is 11.3. The molecule has 118 valence electrons. The third-order valence-corrected chi connectivity index (χ3v) is 2.95. The van der Waals surface area contributed by atoms with E-state index in [2.05, 4.69) is 6.58 Å². The Labute approximate surface area is 143 Å². The van der Waals surface area contributed by atoms with E-state index in [1.807, 2.05) is 0 Å². The first-order chi connectivity index (χ1) is 9.29. The Morgan fingerprint density at radius 1 is 1.24 bits per heavy atom. The number of esters is 1. The fourth-order valence-corrected chi connectivity index (χ4v) is 1.93. The molecule has 2 unspecified atom stereocenters. The standard InChI is InChI=1S/C14H22O6.Mg.2H/c1-4-12(17)20-13(9(2)3)10(14(18)19)7-5-6-8-11(15)16;;;/h4,9-10,13H,1,5-8H2,2-3H3,(H,15,16)(H,18,19);;;/q;+2;2*-1. The summed E-state index contributed by atoms with van der Waals surface area (Å²) in [5, 5.41) is 17.8. The predicted octanol–water partition coefficient (Wildman–Crippen LogP) is 1.93. The number of hydrogen-bond donors (Lipinski definition) is 2. The van der Waals surface area contributed by atoms with E-state index < -0.39 is 29.9 Å². The summed E-state index contributed by atoms with van der Waals surface area (Å²) >= 11 is 0. The Morgan fingerprint density at radius 3 is 2.19 bits per heavy atom. The molecule has 0 bridgehead atoms. The molecule has 0 fully saturated rings. The van der Waals surface area contributed by atoms with Crippen LogP contribution in [0.5, 0.6) is 0 Å². The average molecular weight is 313 g/mol. The van der Waals surface area contributed by atoms with Crippen molar-refractivity contribution in [3.63, 3.8) is 0 Å². The number of ether oxygens (including phenoxy) is 1. The van der Waals surface area contributed by atoms with Gasteiger partial charge in [-0.25, -0.2) is 4.79 Å². The molecular formula is C14H24MgO6. The molecule has 2 atom stereocenters. The van der Waals surface area contributed by atoms with Gasteiger partial charge in [-0.1, -0.05) is 26.8 Å². The maximum absolute atomic E-state index is 11.3. The number of rotatable bonds is 10. The Morgan fingerprint density at radius 2 is 1.81 bits per heavy atom. The van der Waals surface area contributed by atoms with Crippen LogP contribution in [-0.2, 0) is 19.1 Å². The number of aliphatic carboxylic acids is 2. The Bertz CT molecular complexity index is 376. The topological polar surface area (TPSA) is 101 Å². The molecule has 0 amide bonds. The first-order valence-electron chi connectivity index (χ1n) is 6.57. The van der Waals surface area contributed by atoms with Crippen LogP contribution in [0.2, 0.25) is 0 Å². The molecule has 7 heteroatoms. The number of carbonyl (C=O) groups excluding carboxylic acids is 1. The molecule has 0 aliphatic rings. The normalized spacial score (nSPS) is 12.9. The fourth-order valence-electron chi connectivity index (χ4n) is 1.93. The minimum atomic E-state index is -1.05. The van der Waals surface area contributed by atoms with Gasteiger partial charge in [0.1, 0.15) is 6.10 Å². The van der Waals surface area contributed by atoms with Crippen molar-refractivity contribution in [2.75, 3.05) is 0 Å². The van der Waals surface area contributed by atoms with Crippen LogP contribution in [0.4, 0.5) is 0 Å². The van der Waals surface area contributed by atoms with E-state index >= 15 is 0 Å². The Balaban J connectivity index is -0.000000602. The third-order valence-electron chi connectivity index (χ3n) is 2.95. The predicted molar refractivity (Wildman–Crippen MR) is 80.1 cm³/mol. The summed E-state index contributed by atoms with van der Waals surface area (Å²) < 4.78 is 5.11. The molecular weight excluding hydrogens is 288 g/mol. The van der Waals surface area contributed by atoms with Crippen LogP contribution in [0.25, 0.3) is 0 Å². The Kier molecular flexibility index (Phi) is 12.2. The summed E-state index contributed by atoms with van der Waals surface area (Å²) in [6.07, 6.45) is 1.39. The van der Waals surface area contributed by atoms with Gasteiger partial charge in [0, 0.05) is 12.5 Å². The quantitative estimate of drug-likeness (QED) is 0.277. The maximum Gasteiger partial charge on any atom is 2.00 e. The SMILES string of the molecule is C=CC(=O)OC(C(C)C)C(CCCCC(=O)O)C(=O)O.[H-].[H-].[Mg+2]. The van der Waals surface area contributed by atoms with Crippen LogP contribution in [0.15, 0.2) is 12.7 Å². The van der Waals surface area contributed by atoms with Crippen molar-refractivity contribution in [1.82, 2.24) is 0 Å². The van der Waals surface area contributed by atoms with Crippen molar-refractivity contribution >= 4 is 41.0 Å². The smallest absolute Gasteiger partial charge is 1.00 e. The van der Waals surface area contributed by atoms with Gasteiger partial charge in [-0.05, 0) is 18.8 Å². The first-order valence-corrected chi connectivity index (χ1v) is 6.57. The zero-order valence-corrected chi connectivity index (χ0v) is 14.0. The second kappa shape index (κ2) is 11.6. The number of unbranched alkanes of at least 4 members (excludes halogenated alkanes) is 1. The molecule has 0 aromatic carbocycles. The van der Waals surface area contributed by atoms with Crippen molar-refractivity contribution in [3.8, 4) is 0 Å². The van der Waals surface area contributed by atoms with Crippen molar-refractivity contribution < 1.29 is 32.2 Å². The van der Waals surface area contributed by atoms with E-state index in [0.29, 0.717) is 12.8 Å². The van der Waals surface area contributed by atoms with E-state index in [-0.39, 0.29) is 44.7 Å². The largest absolute Gasteiger partial charge is 2.00 e. The number of carboxylic acids is 2. The monoisotopic (exact) mass is 312 g/mol. The fraction of sp³-hybridized carbons (Fsp3) is 0.643. The zero-order valence-electron chi connectivity index (χ0n) is 14.6. The first kappa shape index (κ1) is 22.2. The van der Waals surface area contributed by atoms with E-state index in [0.717, 1.165) is 6.08 Å². The van der Waals surface area contributed by atoms with Gasteiger partial charge < -0.3 is 17.8 Å². The van der Waals surface area contributed by atoms with E-state index in [1.165, 1.54) is 0 Å². The summed E-state index contributed by atoms with van der Waals surface area (Å²) in [5.74, 6) is -3.60. The van der Waals surface area contributed by atoms with Gasteiger partial charge in [0.05, 0.1) is 5.92 Å². The van der Waals surface area contributed by atoms with E-state index in [4.69, 9.17) is 9.84 Å². The van der Waals surface area contributed by atoms with Crippen LogP contribution in [0, 0.1) is 11.8 Å². The summed E-state index contributed by atoms with van der Waals surface area (Å²) in [6, 6.07) is 0. The van der Waals surface area contributed by atoms with Crippen molar-refractivity contribution in [2.45, 2.75) is 45.6 Å². The summed E-state index contributed by atoms with van der Waals surface area (Å²) in [6.45, 7) is 6.83. The van der Waals surface area contributed by atoms with E-state index in [1.54, 1.807) is 13.8 Å². The number of carboxylic acid groups (broad SMARTS) is 2. The van der Waals surface area contributed by atoms with Gasteiger partial charge in [-0.2, -0.15) is 0 Å². The van der Waals surface area contributed by atoms with Gasteiger partial charge in [0.2, 0.25) is 0 Å². The van der Waals surface area contributed by atoms with Gasteiger partial charge in [-0.3, -0.25) is 9.59 Å². The van der Waals surface area contributed by atoms with Crippen LogP contribution in [-0.4, -0.2) is 57.3 Å². The molecule has 0 aromatic rings. The second-order valence-electron chi connectivity index (χ2n) is 4.93. The van der Waals surface area contributed by atoms with Crippen LogP contribution < -0.4 is 0 Å². The van der Waals surface area contributed by atoms with Crippen LogP contribution in [0.3, 0.4) is 0 Å². The van der Waals surface area contributed by atoms with Crippen LogP contribution in [0.1, 0.15) is 42.4 Å². The molecule has 0 aromatic heterocycles. The molecule has 0 heterocycles. The average Bonchev–Trinajstić information content (AvgIpc) is 2.35. The van der Waals surface area contributed by atoms with Gasteiger partial charge in [-0.15, -0.1) is 0 Å². The number of carbonyl (C=O) groups is 3. The number of hydrogen-bond acceptors (Lipinski definition) is 4. The van der Waals surface area contributed by atoms with Crippen molar-refractivity contribution in [1.29, 1.82) is 0 Å². The van der Waals surface area contributed by atoms with Crippen molar-refractivity contribution in [2.24, 2.45) is 11.8 Å². The third kappa shape index (κ3) is 9.46. The zero-order chi connectivity index (χ0) is 15.7. The molecule has 2 N–H and O–H groups in total. The van der Waals surface area contributed by atoms with Gasteiger partial charge in [0.25, 0.3) is 0 Å². The second-order valence-corrected chi connectivity index (χ2v) is 4.93. The Hall–Kier alpha value is -1.08. The van der Waals surface area contributed by atoms with Crippen LogP contribution >= 0.6 is 0 Å². The summed E-state index contributed by atoms with van der Waals surface area (Å²) in [5.41, 5.74) is 0. The molecule has 0 saturated heterocycles. The molecule has 0 spiro atoms. The molecule has 0 rings (SSSR count). The van der Waals surface area contributed by atoms with Gasteiger partial charge >= 0.3 is 41.0 Å². The minimum Gasteiger partial charge on any atom is -1.00 e. The molecule has 0 saturated carbocycles. The van der Waals surface area contributed by atoms with Crippen molar-refractivity contribution in [3.05, 3.63) is 12.7 Å². The molecule has 0 aliphatic carbocycles. The summed E-state index contributed by atoms with van der Waals surface area (Å²) in [4.78, 5) is 33.0. The molecule has 6 nitrogen and oxygen atoms in total. The van der Waals surface area contributed by atoms with E-state index in [9.17, 15) is 19.5 Å². The minimum absolute atomic E-state index is 0. The summed E-state index contributed by atoms with van der Waals surface area (Å²) in [7, 11) is 0.